The smallest absolute Gasteiger partial charge is 0.00600 e. The summed E-state index contributed by atoms with van der Waals surface area (Å²) in [5.41, 5.74) is 6.01. The van der Waals surface area contributed by atoms with Crippen LogP contribution in [0.2, 0.25) is 0 Å². The zero-order chi connectivity index (χ0) is 3.98. The van der Waals surface area contributed by atoms with Gasteiger partial charge in [0.2, 0.25) is 0 Å². The van der Waals surface area contributed by atoms with Gasteiger partial charge >= 0.3 is 0 Å². The van der Waals surface area contributed by atoms with Gasteiger partial charge in [0.05, 0.1) is 0 Å². The summed E-state index contributed by atoms with van der Waals surface area (Å²) >= 11 is 0. The first-order valence-corrected chi connectivity index (χ1v) is 2.12. The molecule has 0 atom stereocenters. The highest BCUT2D eigenvalue weighted by Crippen LogP contribution is 2.38. The molecule has 0 aromatic carbocycles. The predicted molar refractivity (Wildman–Crippen MR) is 24.3 cm³/mol. The zero-order valence-electron chi connectivity index (χ0n) is 3.36. The summed E-state index contributed by atoms with van der Waals surface area (Å²) in [7, 11) is 0. The van der Waals surface area contributed by atoms with Gasteiger partial charge in [0.1, 0.15) is 0 Å². The molecule has 0 unspecified atom stereocenters. The third kappa shape index (κ3) is 0.131. The van der Waals surface area contributed by atoms with Crippen molar-refractivity contribution in [3.63, 3.8) is 0 Å². The average molecular weight is 76.1 g/mol. The largest absolute Gasteiger partial charge is 0.117 e. The van der Waals surface area contributed by atoms with E-state index in [1.54, 1.807) is 0 Å². The lowest BCUT2D eigenvalue weighted by molar-refractivity contribution is 1.66. The number of rotatable bonds is 0. The van der Waals surface area contributed by atoms with Crippen molar-refractivity contribution in [2.24, 2.45) is 0 Å². The van der Waals surface area contributed by atoms with E-state index in [1.165, 1.54) is 17.6 Å². The normalized spacial score (nSPS) is 22.7. The molecule has 0 N–H and O–H groups in total. The molecule has 1 saturated carbocycles. The summed E-state index contributed by atoms with van der Waals surface area (Å²) in [6, 6.07) is 0. The van der Waals surface area contributed by atoms with Crippen LogP contribution in [0.3, 0.4) is 0 Å². The third-order valence-electron chi connectivity index (χ3n) is 1.17. The van der Waals surface area contributed by atoms with Crippen molar-refractivity contribution >= 4 is 0 Å². The van der Waals surface area contributed by atoms with Crippen molar-refractivity contribution in [3.8, 4) is 0 Å². The van der Waals surface area contributed by atoms with Gasteiger partial charge in [-0.3, -0.25) is 0 Å². The molecule has 0 aliphatic heterocycles. The molecule has 0 aromatic rings. The Morgan fingerprint density at radius 2 is 2.67 bits per heavy atom. The average Bonchev–Trinajstić information content (AvgIpc) is 2.17. The van der Waals surface area contributed by atoms with Gasteiger partial charge in [0.15, 0.2) is 0 Å². The SMILES string of the molecule is C1=CC=C2CC=12. The fourth-order valence-electron chi connectivity index (χ4n) is 0.692. The van der Waals surface area contributed by atoms with Gasteiger partial charge in [-0.25, -0.2) is 0 Å². The van der Waals surface area contributed by atoms with Crippen LogP contribution in [-0.4, -0.2) is 0 Å². The highest BCUT2D eigenvalue weighted by molar-refractivity contribution is 5.55. The second kappa shape index (κ2) is 0.528. The van der Waals surface area contributed by atoms with Crippen molar-refractivity contribution in [3.05, 3.63) is 29.0 Å². The van der Waals surface area contributed by atoms with E-state index < -0.39 is 0 Å². The van der Waals surface area contributed by atoms with Crippen LogP contribution in [0.1, 0.15) is 6.42 Å². The van der Waals surface area contributed by atoms with E-state index in [2.05, 4.69) is 11.8 Å². The molecular formula is C6H4. The molecule has 2 aliphatic rings. The second-order valence-electron chi connectivity index (χ2n) is 1.66. The molecule has 0 radical (unpaired) electrons. The monoisotopic (exact) mass is 76.0 g/mol. The van der Waals surface area contributed by atoms with E-state index in [1.807, 2.05) is 6.08 Å². The van der Waals surface area contributed by atoms with Crippen molar-refractivity contribution in [1.82, 2.24) is 0 Å². The molecule has 0 nitrogen and oxygen atoms in total. The summed E-state index contributed by atoms with van der Waals surface area (Å²) in [5.74, 6) is 0. The molecule has 0 saturated heterocycles. The predicted octanol–water partition coefficient (Wildman–Crippen LogP) is 1.41. The number of fused-ring (bicyclic) bond motifs is 1. The molecule has 28 valence electrons. The van der Waals surface area contributed by atoms with E-state index >= 15 is 0 Å². The van der Waals surface area contributed by atoms with E-state index in [0.717, 1.165) is 0 Å². The molecule has 0 spiro atoms. The summed E-state index contributed by atoms with van der Waals surface area (Å²) < 4.78 is 0. The topological polar surface area (TPSA) is 0 Å². The first-order chi connectivity index (χ1) is 2.97. The van der Waals surface area contributed by atoms with Crippen LogP contribution in [0.25, 0.3) is 0 Å². The van der Waals surface area contributed by atoms with E-state index in [4.69, 9.17) is 0 Å². The maximum Gasteiger partial charge on any atom is 0.00600 e. The number of allylic oxidation sites excluding steroid dienone is 3. The Balaban J connectivity index is 2.86. The number of hydrogen-bond donors (Lipinski definition) is 0. The minimum Gasteiger partial charge on any atom is -0.117 e. The summed E-state index contributed by atoms with van der Waals surface area (Å²) in [4.78, 5) is 0. The molecule has 0 heteroatoms. The first-order valence-electron chi connectivity index (χ1n) is 2.12. The Bertz CT molecular complexity index is 176. The third-order valence-corrected chi connectivity index (χ3v) is 1.17. The Kier molecular flexibility index (Phi) is 0.214. The van der Waals surface area contributed by atoms with Gasteiger partial charge in [-0.1, -0.05) is 6.08 Å². The summed E-state index contributed by atoms with van der Waals surface area (Å²) in [6.45, 7) is 0. The van der Waals surface area contributed by atoms with Gasteiger partial charge in [-0.05, 0) is 11.6 Å². The van der Waals surface area contributed by atoms with Gasteiger partial charge < -0.3 is 0 Å². The second-order valence-corrected chi connectivity index (χ2v) is 1.66. The van der Waals surface area contributed by atoms with Crippen molar-refractivity contribution in [2.45, 2.75) is 6.42 Å². The minimum absolute atomic E-state index is 1.22. The van der Waals surface area contributed by atoms with Crippen molar-refractivity contribution < 1.29 is 0 Å². The van der Waals surface area contributed by atoms with E-state index in [-0.39, 0.29) is 0 Å². The molecule has 0 amide bonds. The first kappa shape index (κ1) is 2.44. The zero-order valence-corrected chi connectivity index (χ0v) is 3.36. The fourth-order valence-corrected chi connectivity index (χ4v) is 0.692. The molecule has 6 heavy (non-hydrogen) atoms. The highest BCUT2D eigenvalue weighted by Gasteiger charge is 2.21. The summed E-state index contributed by atoms with van der Waals surface area (Å²) in [5, 5.41) is 0. The van der Waals surface area contributed by atoms with E-state index in [9.17, 15) is 0 Å². The Morgan fingerprint density at radius 3 is 2.83 bits per heavy atom. The molecule has 0 bridgehead atoms. The Morgan fingerprint density at radius 1 is 1.67 bits per heavy atom. The van der Waals surface area contributed by atoms with E-state index in [0.29, 0.717) is 0 Å². The van der Waals surface area contributed by atoms with Crippen LogP contribution in [0, 0.1) is 0 Å². The lowest BCUT2D eigenvalue weighted by atomic mass is 10.5. The van der Waals surface area contributed by atoms with Crippen molar-refractivity contribution in [2.75, 3.05) is 0 Å². The molecule has 2 rings (SSSR count). The minimum atomic E-state index is 1.22. The molecule has 2 aliphatic carbocycles. The summed E-state index contributed by atoms with van der Waals surface area (Å²) in [6.07, 6.45) is 5.32. The van der Waals surface area contributed by atoms with Crippen LogP contribution in [-0.2, 0) is 0 Å². The standard InChI is InChI=1S/C6H4/c1-2-5-4-6(5)3-1/h1-2H,4H2. The quantitative estimate of drug-likeness (QED) is 0.383. The van der Waals surface area contributed by atoms with Gasteiger partial charge in [-0.2, -0.15) is 0 Å². The maximum absolute atomic E-state index is 3.09. The van der Waals surface area contributed by atoms with Crippen LogP contribution < -0.4 is 0 Å². The van der Waals surface area contributed by atoms with Crippen LogP contribution >= 0.6 is 0 Å². The lowest BCUT2D eigenvalue weighted by Crippen LogP contribution is -1.33. The van der Waals surface area contributed by atoms with Crippen molar-refractivity contribution in [1.29, 1.82) is 0 Å². The molecule has 1 fully saturated rings. The van der Waals surface area contributed by atoms with Crippen LogP contribution in [0.5, 0.6) is 0 Å². The van der Waals surface area contributed by atoms with Crippen LogP contribution in [0.4, 0.5) is 0 Å². The maximum atomic E-state index is 3.09. The number of hydrogen-bond acceptors (Lipinski definition) is 0. The van der Waals surface area contributed by atoms with Gasteiger partial charge in [-0.15, -0.1) is 5.73 Å². The van der Waals surface area contributed by atoms with Gasteiger partial charge in [0.25, 0.3) is 0 Å². The highest BCUT2D eigenvalue weighted by atomic mass is 14.2. The Hall–Kier alpha value is -0.740. The lowest BCUT2D eigenvalue weighted by Gasteiger charge is -1.52. The van der Waals surface area contributed by atoms with Gasteiger partial charge in [0, 0.05) is 12.0 Å². The Labute approximate surface area is 36.5 Å². The molecule has 0 heterocycles. The fraction of sp³-hybridized carbons (Fsp3) is 0.167. The molecule has 0 aromatic heterocycles. The molecular weight excluding hydrogens is 72.1 g/mol. The van der Waals surface area contributed by atoms with Crippen LogP contribution in [0.15, 0.2) is 29.0 Å².